The average Bonchev–Trinajstić information content (AvgIpc) is 2.77. The molecule has 0 heterocycles. The van der Waals surface area contributed by atoms with E-state index in [1.807, 2.05) is 32.0 Å². The van der Waals surface area contributed by atoms with Gasteiger partial charge in [-0.25, -0.2) is 0 Å². The van der Waals surface area contributed by atoms with Crippen molar-refractivity contribution in [2.75, 3.05) is 5.32 Å². The highest BCUT2D eigenvalue weighted by Gasteiger charge is 2.21. The summed E-state index contributed by atoms with van der Waals surface area (Å²) in [4.78, 5) is 12.7. The number of anilines is 1. The SMILES string of the molecule is Cc1ccc(S(=O)(=O)Oc2c(Cl)cc(/C=C(\C#N)C(=O)Nc3c(Br)cc(C)cc3Br)cc2Cl)cc1. The smallest absolute Gasteiger partial charge is 0.339 e. The second kappa shape index (κ2) is 11.1. The first-order valence-corrected chi connectivity index (χ1v) is 13.6. The Balaban J connectivity index is 1.89. The largest absolute Gasteiger partial charge is 0.376 e. The van der Waals surface area contributed by atoms with Gasteiger partial charge in [0.15, 0.2) is 5.75 Å². The number of rotatable bonds is 6. The minimum Gasteiger partial charge on any atom is -0.376 e. The topological polar surface area (TPSA) is 96.3 Å². The third-order valence-corrected chi connectivity index (χ3v) is 7.67. The number of amides is 1. The molecule has 0 aromatic heterocycles. The number of nitrogens with one attached hydrogen (secondary N) is 1. The molecule has 0 spiro atoms. The molecule has 0 aliphatic rings. The number of halogens is 4. The Morgan fingerprint density at radius 1 is 1.00 bits per heavy atom. The lowest BCUT2D eigenvalue weighted by atomic mass is 10.1. The molecule has 0 radical (unpaired) electrons. The molecule has 0 atom stereocenters. The first-order chi connectivity index (χ1) is 16.4. The van der Waals surface area contributed by atoms with Gasteiger partial charge < -0.3 is 9.50 Å². The Kier molecular flexibility index (Phi) is 8.67. The Bertz CT molecular complexity index is 1450. The third-order valence-electron chi connectivity index (χ3n) is 4.62. The van der Waals surface area contributed by atoms with Crippen LogP contribution in [0.3, 0.4) is 0 Å². The van der Waals surface area contributed by atoms with Gasteiger partial charge in [-0.05, 0) is 99.3 Å². The number of nitrogens with zero attached hydrogens (tertiary/aromatic N) is 1. The molecule has 0 fully saturated rings. The van der Waals surface area contributed by atoms with Gasteiger partial charge in [0.2, 0.25) is 0 Å². The predicted molar refractivity (Wildman–Crippen MR) is 144 cm³/mol. The van der Waals surface area contributed by atoms with Crippen LogP contribution >= 0.6 is 55.1 Å². The van der Waals surface area contributed by atoms with Crippen molar-refractivity contribution >= 4 is 82.9 Å². The van der Waals surface area contributed by atoms with Crippen molar-refractivity contribution in [3.05, 3.63) is 89.8 Å². The predicted octanol–water partition coefficient (Wildman–Crippen LogP) is 7.45. The van der Waals surface area contributed by atoms with Crippen molar-refractivity contribution in [3.63, 3.8) is 0 Å². The second-order valence-corrected chi connectivity index (χ2v) is 11.5. The monoisotopic (exact) mass is 656 g/mol. The lowest BCUT2D eigenvalue weighted by Gasteiger charge is -2.12. The third kappa shape index (κ3) is 6.66. The van der Waals surface area contributed by atoms with E-state index < -0.39 is 16.0 Å². The van der Waals surface area contributed by atoms with Gasteiger partial charge in [0.1, 0.15) is 16.5 Å². The van der Waals surface area contributed by atoms with Crippen LogP contribution in [-0.4, -0.2) is 14.3 Å². The molecule has 180 valence electrons. The maximum atomic E-state index is 12.7. The van der Waals surface area contributed by atoms with Crippen molar-refractivity contribution in [2.24, 2.45) is 0 Å². The molecule has 0 saturated carbocycles. The highest BCUT2D eigenvalue weighted by Crippen LogP contribution is 2.37. The van der Waals surface area contributed by atoms with E-state index in [0.29, 0.717) is 20.2 Å². The Labute approximate surface area is 229 Å². The van der Waals surface area contributed by atoms with Crippen LogP contribution < -0.4 is 9.50 Å². The molecule has 0 unspecified atom stereocenters. The van der Waals surface area contributed by atoms with Gasteiger partial charge in [-0.15, -0.1) is 0 Å². The first-order valence-electron chi connectivity index (χ1n) is 9.80. The van der Waals surface area contributed by atoms with E-state index in [9.17, 15) is 18.5 Å². The van der Waals surface area contributed by atoms with E-state index in [4.69, 9.17) is 27.4 Å². The maximum absolute atomic E-state index is 12.7. The summed E-state index contributed by atoms with van der Waals surface area (Å²) >= 11 is 19.3. The molecule has 3 rings (SSSR count). The van der Waals surface area contributed by atoms with Gasteiger partial charge >= 0.3 is 10.1 Å². The molecule has 1 amide bonds. The maximum Gasteiger partial charge on any atom is 0.339 e. The van der Waals surface area contributed by atoms with Crippen LogP contribution in [-0.2, 0) is 14.9 Å². The zero-order valence-corrected chi connectivity index (χ0v) is 23.7. The van der Waals surface area contributed by atoms with E-state index in [1.54, 1.807) is 12.1 Å². The summed E-state index contributed by atoms with van der Waals surface area (Å²) in [5, 5.41) is 12.0. The second-order valence-electron chi connectivity index (χ2n) is 7.39. The summed E-state index contributed by atoms with van der Waals surface area (Å²) in [7, 11) is -4.18. The summed E-state index contributed by atoms with van der Waals surface area (Å²) in [5.74, 6) is -0.922. The van der Waals surface area contributed by atoms with Crippen LogP contribution in [0.5, 0.6) is 5.75 Å². The van der Waals surface area contributed by atoms with Gasteiger partial charge in [0.05, 0.1) is 15.7 Å². The zero-order valence-electron chi connectivity index (χ0n) is 18.2. The normalized spacial score (nSPS) is 11.6. The van der Waals surface area contributed by atoms with Gasteiger partial charge in [0, 0.05) is 8.95 Å². The number of benzene rings is 3. The van der Waals surface area contributed by atoms with Crippen molar-refractivity contribution in [3.8, 4) is 11.8 Å². The lowest BCUT2D eigenvalue weighted by molar-refractivity contribution is -0.112. The molecule has 6 nitrogen and oxygen atoms in total. The molecule has 0 bridgehead atoms. The molecular formula is C24H16Br2Cl2N2O4S. The van der Waals surface area contributed by atoms with E-state index in [0.717, 1.165) is 11.1 Å². The average molecular weight is 659 g/mol. The Morgan fingerprint density at radius 3 is 2.06 bits per heavy atom. The van der Waals surface area contributed by atoms with Crippen LogP contribution in [0.2, 0.25) is 10.0 Å². The Hall–Kier alpha value is -2.35. The van der Waals surface area contributed by atoms with Crippen molar-refractivity contribution in [1.82, 2.24) is 0 Å². The number of hydrogen-bond donors (Lipinski definition) is 1. The molecule has 11 heteroatoms. The minimum absolute atomic E-state index is 0.0592. The molecule has 0 aliphatic heterocycles. The number of carbonyl (C=O) groups is 1. The molecule has 0 aliphatic carbocycles. The standard InChI is InChI=1S/C24H16Br2Cl2N2O4S/c1-13-3-5-17(6-4-13)35(32,33)34-23-20(27)10-15(11-21(23)28)9-16(12-29)24(31)30-22-18(25)7-14(2)8-19(22)26/h3-11H,1-2H3,(H,30,31)/b16-9+. The number of carbonyl (C=O) groups excluding carboxylic acids is 1. The fourth-order valence-electron chi connectivity index (χ4n) is 2.92. The molecule has 3 aromatic carbocycles. The number of hydrogen-bond acceptors (Lipinski definition) is 5. The van der Waals surface area contributed by atoms with Gasteiger partial charge in [-0.3, -0.25) is 4.79 Å². The lowest BCUT2D eigenvalue weighted by Crippen LogP contribution is -2.14. The molecular weight excluding hydrogens is 643 g/mol. The molecule has 0 saturated heterocycles. The van der Waals surface area contributed by atoms with Gasteiger partial charge in [-0.1, -0.05) is 40.9 Å². The quantitative estimate of drug-likeness (QED) is 0.169. The molecule has 3 aromatic rings. The zero-order chi connectivity index (χ0) is 25.9. The van der Waals surface area contributed by atoms with E-state index in [-0.39, 0.29) is 26.3 Å². The van der Waals surface area contributed by atoms with Crippen molar-refractivity contribution in [2.45, 2.75) is 18.7 Å². The molecule has 35 heavy (non-hydrogen) atoms. The minimum atomic E-state index is -4.18. The van der Waals surface area contributed by atoms with Crippen LogP contribution in [0.15, 0.2) is 67.9 Å². The van der Waals surface area contributed by atoms with Crippen molar-refractivity contribution in [1.29, 1.82) is 5.26 Å². The van der Waals surface area contributed by atoms with Gasteiger partial charge in [0.25, 0.3) is 5.91 Å². The summed E-state index contributed by atoms with van der Waals surface area (Å²) in [6.07, 6.45) is 1.28. The van der Waals surface area contributed by atoms with Crippen molar-refractivity contribution < 1.29 is 17.4 Å². The van der Waals surface area contributed by atoms with Crippen LogP contribution in [0.25, 0.3) is 6.08 Å². The van der Waals surface area contributed by atoms with Crippen LogP contribution in [0, 0.1) is 25.2 Å². The summed E-state index contributed by atoms with van der Waals surface area (Å²) in [5.41, 5.74) is 2.39. The summed E-state index contributed by atoms with van der Waals surface area (Å²) in [6, 6.07) is 14.3. The molecule has 1 N–H and O–H groups in total. The van der Waals surface area contributed by atoms with E-state index in [1.165, 1.54) is 30.3 Å². The number of nitriles is 1. The fourth-order valence-corrected chi connectivity index (χ4v) is 6.17. The van der Waals surface area contributed by atoms with Gasteiger partial charge in [-0.2, -0.15) is 13.7 Å². The van der Waals surface area contributed by atoms with Crippen LogP contribution in [0.1, 0.15) is 16.7 Å². The Morgan fingerprint density at radius 2 is 1.54 bits per heavy atom. The van der Waals surface area contributed by atoms with E-state index >= 15 is 0 Å². The highest BCUT2D eigenvalue weighted by molar-refractivity contribution is 9.11. The highest BCUT2D eigenvalue weighted by atomic mass is 79.9. The number of aryl methyl sites for hydroxylation is 2. The first kappa shape index (κ1) is 27.2. The summed E-state index contributed by atoms with van der Waals surface area (Å²) in [6.45, 7) is 3.72. The summed E-state index contributed by atoms with van der Waals surface area (Å²) < 4.78 is 31.7. The van der Waals surface area contributed by atoms with Crippen LogP contribution in [0.4, 0.5) is 5.69 Å². The van der Waals surface area contributed by atoms with E-state index in [2.05, 4.69) is 37.2 Å². The fraction of sp³-hybridized carbons (Fsp3) is 0.0833.